The third-order valence-corrected chi connectivity index (χ3v) is 1.72. The van der Waals surface area contributed by atoms with Crippen LogP contribution in [-0.2, 0) is 0 Å². The molecule has 0 aliphatic rings. The Morgan fingerprint density at radius 3 is 2.92 bits per heavy atom. The summed E-state index contributed by atoms with van der Waals surface area (Å²) in [6.45, 7) is 2.45. The van der Waals surface area contributed by atoms with Crippen molar-refractivity contribution in [2.45, 2.75) is 19.4 Å². The van der Waals surface area contributed by atoms with Crippen LogP contribution in [0.2, 0.25) is 0 Å². The predicted molar refractivity (Wildman–Crippen MR) is 47.6 cm³/mol. The summed E-state index contributed by atoms with van der Waals surface area (Å²) in [5.41, 5.74) is 7.23. The molecule has 3 nitrogen and oxygen atoms in total. The van der Waals surface area contributed by atoms with Gasteiger partial charge >= 0.3 is 0 Å². The Kier molecular flexibility index (Phi) is 3.19. The average molecular weight is 166 g/mol. The van der Waals surface area contributed by atoms with Crippen LogP contribution in [0.1, 0.15) is 23.7 Å². The van der Waals surface area contributed by atoms with Crippen molar-refractivity contribution in [3.8, 4) is 0 Å². The van der Waals surface area contributed by atoms with Gasteiger partial charge in [-0.25, -0.2) is 0 Å². The van der Waals surface area contributed by atoms with E-state index in [0.717, 1.165) is 11.1 Å². The maximum Gasteiger partial charge on any atom is 0.0817 e. The zero-order valence-corrected chi connectivity index (χ0v) is 7.20. The normalized spacial score (nSPS) is 12.9. The van der Waals surface area contributed by atoms with Crippen molar-refractivity contribution in [2.75, 3.05) is 6.54 Å². The number of aromatic nitrogens is 1. The molecule has 1 rings (SSSR count). The number of aliphatic hydroxyl groups is 1. The molecule has 1 aromatic heterocycles. The van der Waals surface area contributed by atoms with Gasteiger partial charge in [-0.3, -0.25) is 4.98 Å². The van der Waals surface area contributed by atoms with E-state index in [-0.39, 0.29) is 0 Å². The summed E-state index contributed by atoms with van der Waals surface area (Å²) in [6, 6.07) is 1.92. The highest BCUT2D eigenvalue weighted by molar-refractivity contribution is 5.18. The van der Waals surface area contributed by atoms with Gasteiger partial charge in [-0.2, -0.15) is 0 Å². The van der Waals surface area contributed by atoms with Crippen LogP contribution in [0, 0.1) is 6.92 Å². The Labute approximate surface area is 72.2 Å². The van der Waals surface area contributed by atoms with Crippen LogP contribution in [0.3, 0.4) is 0 Å². The first-order valence-corrected chi connectivity index (χ1v) is 4.03. The van der Waals surface area contributed by atoms with Gasteiger partial charge in [-0.15, -0.1) is 0 Å². The fraction of sp³-hybridized carbons (Fsp3) is 0.444. The molecule has 0 amide bonds. The van der Waals surface area contributed by atoms with Crippen molar-refractivity contribution in [3.63, 3.8) is 0 Å². The number of hydrogen-bond donors (Lipinski definition) is 2. The molecule has 0 saturated carbocycles. The summed E-state index contributed by atoms with van der Waals surface area (Å²) in [5.74, 6) is 0. The average Bonchev–Trinajstić information content (AvgIpc) is 2.05. The Hall–Kier alpha value is -0.930. The molecule has 3 heteroatoms. The molecule has 0 aliphatic carbocycles. The number of nitrogens with two attached hydrogens (primary N) is 1. The zero-order chi connectivity index (χ0) is 8.97. The second-order valence-electron chi connectivity index (χ2n) is 2.89. The molecule has 0 bridgehead atoms. The highest BCUT2D eigenvalue weighted by Crippen LogP contribution is 2.15. The van der Waals surface area contributed by atoms with Crippen LogP contribution in [0.15, 0.2) is 18.5 Å². The fourth-order valence-corrected chi connectivity index (χ4v) is 1.09. The lowest BCUT2D eigenvalue weighted by atomic mass is 10.1. The van der Waals surface area contributed by atoms with Crippen molar-refractivity contribution in [2.24, 2.45) is 5.73 Å². The first-order chi connectivity index (χ1) is 5.74. The molecule has 1 unspecified atom stereocenters. The van der Waals surface area contributed by atoms with Gasteiger partial charge in [0.2, 0.25) is 0 Å². The lowest BCUT2D eigenvalue weighted by Crippen LogP contribution is -2.07. The van der Waals surface area contributed by atoms with E-state index in [4.69, 9.17) is 5.73 Å². The van der Waals surface area contributed by atoms with Crippen LogP contribution in [0.5, 0.6) is 0 Å². The van der Waals surface area contributed by atoms with Crippen molar-refractivity contribution in [1.82, 2.24) is 4.98 Å². The second-order valence-corrected chi connectivity index (χ2v) is 2.89. The van der Waals surface area contributed by atoms with Gasteiger partial charge in [0.05, 0.1) is 6.10 Å². The van der Waals surface area contributed by atoms with E-state index in [0.29, 0.717) is 13.0 Å². The van der Waals surface area contributed by atoms with Crippen molar-refractivity contribution < 1.29 is 5.11 Å². The van der Waals surface area contributed by atoms with E-state index >= 15 is 0 Å². The first kappa shape index (κ1) is 9.16. The van der Waals surface area contributed by atoms with Gasteiger partial charge in [0.15, 0.2) is 0 Å². The molecule has 0 spiro atoms. The molecule has 0 saturated heterocycles. The van der Waals surface area contributed by atoms with Crippen LogP contribution in [0.25, 0.3) is 0 Å². The Bertz CT molecular complexity index is 250. The number of pyridine rings is 1. The SMILES string of the molecule is Cc1cncc(C(O)CCN)c1. The predicted octanol–water partition coefficient (Wildman–Crippen LogP) is 0.772. The van der Waals surface area contributed by atoms with Crippen molar-refractivity contribution >= 4 is 0 Å². The minimum absolute atomic E-state index is 0.470. The fourth-order valence-electron chi connectivity index (χ4n) is 1.09. The van der Waals surface area contributed by atoms with Crippen LogP contribution >= 0.6 is 0 Å². The molecule has 0 fully saturated rings. The van der Waals surface area contributed by atoms with Crippen LogP contribution in [-0.4, -0.2) is 16.6 Å². The second kappa shape index (κ2) is 4.18. The standard InChI is InChI=1S/C9H14N2O/c1-7-4-8(6-11-5-7)9(12)2-3-10/h4-6,9,12H,2-3,10H2,1H3. The van der Waals surface area contributed by atoms with Gasteiger partial charge in [-0.1, -0.05) is 6.07 Å². The van der Waals surface area contributed by atoms with Crippen molar-refractivity contribution in [1.29, 1.82) is 0 Å². The summed E-state index contributed by atoms with van der Waals surface area (Å²) < 4.78 is 0. The quantitative estimate of drug-likeness (QED) is 0.697. The number of aryl methyl sites for hydroxylation is 1. The molecule has 0 aliphatic heterocycles. The number of rotatable bonds is 3. The summed E-state index contributed by atoms with van der Waals surface area (Å²) in [6.07, 6.45) is 3.55. The third-order valence-electron chi connectivity index (χ3n) is 1.72. The smallest absolute Gasteiger partial charge is 0.0817 e. The van der Waals surface area contributed by atoms with E-state index in [1.165, 1.54) is 0 Å². The molecular formula is C9H14N2O. The molecule has 0 aromatic carbocycles. The number of aliphatic hydroxyl groups excluding tert-OH is 1. The summed E-state index contributed by atoms with van der Waals surface area (Å²) in [5, 5.41) is 9.52. The molecule has 1 heterocycles. The Morgan fingerprint density at radius 1 is 1.58 bits per heavy atom. The lowest BCUT2D eigenvalue weighted by Gasteiger charge is -2.08. The topological polar surface area (TPSA) is 59.1 Å². The molecule has 1 atom stereocenters. The maximum absolute atomic E-state index is 9.52. The van der Waals surface area contributed by atoms with Gasteiger partial charge in [0.25, 0.3) is 0 Å². The maximum atomic E-state index is 9.52. The number of hydrogen-bond acceptors (Lipinski definition) is 3. The summed E-state index contributed by atoms with van der Waals surface area (Å²) >= 11 is 0. The summed E-state index contributed by atoms with van der Waals surface area (Å²) in [7, 11) is 0. The highest BCUT2D eigenvalue weighted by atomic mass is 16.3. The highest BCUT2D eigenvalue weighted by Gasteiger charge is 2.05. The molecule has 66 valence electrons. The Balaban J connectivity index is 2.73. The molecule has 0 radical (unpaired) electrons. The van der Waals surface area contributed by atoms with E-state index in [1.807, 2.05) is 13.0 Å². The third kappa shape index (κ3) is 2.29. The monoisotopic (exact) mass is 166 g/mol. The number of nitrogens with zero attached hydrogens (tertiary/aromatic N) is 1. The first-order valence-electron chi connectivity index (χ1n) is 4.03. The minimum Gasteiger partial charge on any atom is -0.388 e. The minimum atomic E-state index is -0.470. The Morgan fingerprint density at radius 2 is 2.33 bits per heavy atom. The van der Waals surface area contributed by atoms with Crippen LogP contribution < -0.4 is 5.73 Å². The summed E-state index contributed by atoms with van der Waals surface area (Å²) in [4.78, 5) is 3.99. The molecule has 3 N–H and O–H groups in total. The zero-order valence-electron chi connectivity index (χ0n) is 7.20. The van der Waals surface area contributed by atoms with Gasteiger partial charge < -0.3 is 10.8 Å². The molecule has 1 aromatic rings. The van der Waals surface area contributed by atoms with Gasteiger partial charge in [0.1, 0.15) is 0 Å². The van der Waals surface area contributed by atoms with Crippen LogP contribution in [0.4, 0.5) is 0 Å². The molecule has 12 heavy (non-hydrogen) atoms. The van der Waals surface area contributed by atoms with Gasteiger partial charge in [-0.05, 0) is 31.0 Å². The largest absolute Gasteiger partial charge is 0.388 e. The lowest BCUT2D eigenvalue weighted by molar-refractivity contribution is 0.170. The van der Waals surface area contributed by atoms with Crippen molar-refractivity contribution in [3.05, 3.63) is 29.6 Å². The molecular weight excluding hydrogens is 152 g/mol. The van der Waals surface area contributed by atoms with Gasteiger partial charge in [0, 0.05) is 12.4 Å². The van der Waals surface area contributed by atoms with E-state index < -0.39 is 6.10 Å². The van der Waals surface area contributed by atoms with E-state index in [1.54, 1.807) is 12.4 Å². The van der Waals surface area contributed by atoms with E-state index in [2.05, 4.69) is 4.98 Å². The van der Waals surface area contributed by atoms with E-state index in [9.17, 15) is 5.11 Å².